The maximum atomic E-state index is 12.1. The molecule has 0 heterocycles. The zero-order valence-electron chi connectivity index (χ0n) is 12.3. The summed E-state index contributed by atoms with van der Waals surface area (Å²) >= 11 is 0. The molecule has 1 fully saturated rings. The molecule has 0 unspecified atom stereocenters. The maximum Gasteiger partial charge on any atom is 0.326 e. The molecule has 0 radical (unpaired) electrons. The molecule has 0 spiro atoms. The average molecular weight is 284 g/mol. The molecule has 1 aliphatic carbocycles. The number of carboxylic acids is 1. The predicted octanol–water partition coefficient (Wildman–Crippen LogP) is 0.907. The van der Waals surface area contributed by atoms with Crippen molar-refractivity contribution in [3.8, 4) is 0 Å². The predicted molar refractivity (Wildman–Crippen MR) is 74.0 cm³/mol. The Labute approximate surface area is 119 Å². The minimum atomic E-state index is -1.02. The van der Waals surface area contributed by atoms with Gasteiger partial charge < -0.3 is 15.7 Å². The summed E-state index contributed by atoms with van der Waals surface area (Å²) in [5.74, 6) is -1.09. The first-order chi connectivity index (χ1) is 9.29. The van der Waals surface area contributed by atoms with Crippen molar-refractivity contribution in [1.29, 1.82) is 0 Å². The zero-order valence-corrected chi connectivity index (χ0v) is 12.3. The van der Waals surface area contributed by atoms with Gasteiger partial charge in [0.15, 0.2) is 0 Å². The zero-order chi connectivity index (χ0) is 15.3. The second kappa shape index (κ2) is 7.26. The van der Waals surface area contributed by atoms with Gasteiger partial charge in [0.05, 0.1) is 0 Å². The van der Waals surface area contributed by atoms with Gasteiger partial charge in [-0.25, -0.2) is 4.79 Å². The van der Waals surface area contributed by atoms with Gasteiger partial charge in [-0.2, -0.15) is 0 Å². The van der Waals surface area contributed by atoms with Crippen LogP contribution in [-0.2, 0) is 14.4 Å². The average Bonchev–Trinajstić information content (AvgIpc) is 3.09. The smallest absolute Gasteiger partial charge is 0.326 e. The van der Waals surface area contributed by atoms with Crippen molar-refractivity contribution < 1.29 is 19.5 Å². The molecular weight excluding hydrogens is 260 g/mol. The summed E-state index contributed by atoms with van der Waals surface area (Å²) in [7, 11) is 0. The lowest BCUT2D eigenvalue weighted by molar-refractivity contribution is -0.142. The molecule has 0 aromatic rings. The fraction of sp³-hybridized carbons (Fsp3) is 0.786. The van der Waals surface area contributed by atoms with Crippen molar-refractivity contribution in [2.75, 3.05) is 0 Å². The Hall–Kier alpha value is -1.59. The highest BCUT2D eigenvalue weighted by atomic mass is 16.4. The van der Waals surface area contributed by atoms with Crippen LogP contribution in [0.4, 0.5) is 0 Å². The molecule has 2 atom stereocenters. The molecule has 114 valence electrons. The van der Waals surface area contributed by atoms with Gasteiger partial charge in [-0.1, -0.05) is 26.7 Å². The minimum absolute atomic E-state index is 0.226. The van der Waals surface area contributed by atoms with E-state index < -0.39 is 24.0 Å². The maximum absolute atomic E-state index is 12.1. The molecule has 3 N–H and O–H groups in total. The van der Waals surface area contributed by atoms with Crippen LogP contribution in [0.1, 0.15) is 46.5 Å². The van der Waals surface area contributed by atoms with Crippen molar-refractivity contribution in [2.24, 2.45) is 11.8 Å². The largest absolute Gasteiger partial charge is 0.480 e. The number of carbonyl (C=O) groups is 3. The summed E-state index contributed by atoms with van der Waals surface area (Å²) < 4.78 is 0. The van der Waals surface area contributed by atoms with E-state index in [4.69, 9.17) is 5.11 Å². The van der Waals surface area contributed by atoms with E-state index >= 15 is 0 Å². The van der Waals surface area contributed by atoms with E-state index in [9.17, 15) is 14.4 Å². The van der Waals surface area contributed by atoms with E-state index in [1.54, 1.807) is 0 Å². The molecule has 1 rings (SSSR count). The van der Waals surface area contributed by atoms with Crippen molar-refractivity contribution in [3.63, 3.8) is 0 Å². The summed E-state index contributed by atoms with van der Waals surface area (Å²) in [5, 5.41) is 14.3. The number of amides is 2. The lowest BCUT2D eigenvalue weighted by Crippen LogP contribution is -2.51. The first kappa shape index (κ1) is 16.5. The molecule has 0 aliphatic heterocycles. The Bertz CT molecular complexity index is 377. The molecule has 0 bridgehead atoms. The first-order valence-electron chi connectivity index (χ1n) is 7.09. The Morgan fingerprint density at radius 3 is 2.15 bits per heavy atom. The number of carbonyl (C=O) groups excluding carboxylic acids is 2. The number of nitrogens with one attached hydrogen (secondary N) is 2. The standard InChI is InChI=1S/C14H24N2O4/c1-8(2)6-11(15-9(3)17)13(18)16-12(14(19)20)7-10-4-5-10/h8,10-12H,4-7H2,1-3H3,(H,15,17)(H,16,18)(H,19,20)/t11-,12+/m0/s1. The van der Waals surface area contributed by atoms with Crippen LogP contribution in [0.3, 0.4) is 0 Å². The number of hydrogen-bond acceptors (Lipinski definition) is 3. The van der Waals surface area contributed by atoms with Crippen LogP contribution in [0, 0.1) is 11.8 Å². The third-order valence-corrected chi connectivity index (χ3v) is 3.28. The third-order valence-electron chi connectivity index (χ3n) is 3.28. The van der Waals surface area contributed by atoms with E-state index in [0.29, 0.717) is 18.8 Å². The molecule has 0 aromatic carbocycles. The van der Waals surface area contributed by atoms with Crippen LogP contribution < -0.4 is 10.6 Å². The highest BCUT2D eigenvalue weighted by molar-refractivity contribution is 5.89. The molecule has 6 nitrogen and oxygen atoms in total. The number of carboxylic acid groups (broad SMARTS) is 1. The fourth-order valence-corrected chi connectivity index (χ4v) is 2.13. The molecule has 1 aliphatic rings. The number of aliphatic carboxylic acids is 1. The molecule has 0 aromatic heterocycles. The quantitative estimate of drug-likeness (QED) is 0.617. The normalized spacial score (nSPS) is 17.4. The molecule has 6 heteroatoms. The van der Waals surface area contributed by atoms with Gasteiger partial charge in [0, 0.05) is 6.92 Å². The van der Waals surface area contributed by atoms with Crippen LogP contribution in [-0.4, -0.2) is 35.0 Å². The fourth-order valence-electron chi connectivity index (χ4n) is 2.13. The van der Waals surface area contributed by atoms with Crippen LogP contribution >= 0.6 is 0 Å². The van der Waals surface area contributed by atoms with Gasteiger partial charge >= 0.3 is 5.97 Å². The van der Waals surface area contributed by atoms with E-state index in [1.165, 1.54) is 6.92 Å². The van der Waals surface area contributed by atoms with E-state index in [2.05, 4.69) is 10.6 Å². The summed E-state index contributed by atoms with van der Waals surface area (Å²) in [6.07, 6.45) is 3.01. The third kappa shape index (κ3) is 6.04. The Morgan fingerprint density at radius 1 is 1.15 bits per heavy atom. The molecule has 20 heavy (non-hydrogen) atoms. The van der Waals surface area contributed by atoms with Crippen LogP contribution in [0.5, 0.6) is 0 Å². The van der Waals surface area contributed by atoms with Crippen molar-refractivity contribution in [2.45, 2.75) is 58.5 Å². The van der Waals surface area contributed by atoms with Gasteiger partial charge in [-0.05, 0) is 24.7 Å². The lowest BCUT2D eigenvalue weighted by atomic mass is 10.0. The van der Waals surface area contributed by atoms with E-state index in [0.717, 1.165) is 12.8 Å². The highest BCUT2D eigenvalue weighted by Gasteiger charge is 2.32. The van der Waals surface area contributed by atoms with Gasteiger partial charge in [0.25, 0.3) is 0 Å². The van der Waals surface area contributed by atoms with E-state index in [1.807, 2.05) is 13.8 Å². The summed E-state index contributed by atoms with van der Waals surface area (Å²) in [5.41, 5.74) is 0. The van der Waals surface area contributed by atoms with Crippen molar-refractivity contribution in [3.05, 3.63) is 0 Å². The van der Waals surface area contributed by atoms with E-state index in [-0.39, 0.29) is 11.8 Å². The molecular formula is C14H24N2O4. The van der Waals surface area contributed by atoms with Crippen LogP contribution in [0.15, 0.2) is 0 Å². The molecule has 1 saturated carbocycles. The second-order valence-electron chi connectivity index (χ2n) is 5.96. The van der Waals surface area contributed by atoms with Gasteiger partial charge in [-0.15, -0.1) is 0 Å². The summed E-state index contributed by atoms with van der Waals surface area (Å²) in [6, 6.07) is -1.54. The van der Waals surface area contributed by atoms with Crippen molar-refractivity contribution in [1.82, 2.24) is 10.6 Å². The monoisotopic (exact) mass is 284 g/mol. The topological polar surface area (TPSA) is 95.5 Å². The molecule has 0 saturated heterocycles. The molecule has 2 amide bonds. The number of rotatable bonds is 8. The Kier molecular flexibility index (Phi) is 5.98. The Balaban J connectivity index is 2.60. The van der Waals surface area contributed by atoms with Crippen LogP contribution in [0.2, 0.25) is 0 Å². The lowest BCUT2D eigenvalue weighted by Gasteiger charge is -2.22. The van der Waals surface area contributed by atoms with Gasteiger partial charge in [-0.3, -0.25) is 9.59 Å². The first-order valence-corrected chi connectivity index (χ1v) is 7.09. The SMILES string of the molecule is CC(=O)N[C@@H](CC(C)C)C(=O)N[C@H](CC1CC1)C(=O)O. The van der Waals surface area contributed by atoms with Gasteiger partial charge in [0.1, 0.15) is 12.1 Å². The summed E-state index contributed by atoms with van der Waals surface area (Å²) in [6.45, 7) is 5.24. The minimum Gasteiger partial charge on any atom is -0.480 e. The Morgan fingerprint density at radius 2 is 1.75 bits per heavy atom. The highest BCUT2D eigenvalue weighted by Crippen LogP contribution is 2.33. The van der Waals surface area contributed by atoms with Crippen molar-refractivity contribution >= 4 is 17.8 Å². The summed E-state index contributed by atoms with van der Waals surface area (Å²) in [4.78, 5) is 34.4. The number of hydrogen-bond donors (Lipinski definition) is 3. The van der Waals surface area contributed by atoms with Gasteiger partial charge in [0.2, 0.25) is 11.8 Å². The second-order valence-corrected chi connectivity index (χ2v) is 5.96. The van der Waals surface area contributed by atoms with Crippen LogP contribution in [0.25, 0.3) is 0 Å².